The second kappa shape index (κ2) is 8.98. The molecule has 1 aliphatic rings. The van der Waals surface area contributed by atoms with E-state index in [0.29, 0.717) is 26.0 Å². The molecule has 1 unspecified atom stereocenters. The molecule has 1 saturated heterocycles. The fourth-order valence-corrected chi connectivity index (χ4v) is 2.46. The van der Waals surface area contributed by atoms with Gasteiger partial charge in [-0.1, -0.05) is 6.08 Å². The third-order valence-electron chi connectivity index (χ3n) is 3.67. The number of aromatic nitrogens is 2. The third-order valence-corrected chi connectivity index (χ3v) is 3.67. The van der Waals surface area contributed by atoms with Crippen LogP contribution in [0.1, 0.15) is 25.0 Å². The highest BCUT2D eigenvalue weighted by molar-refractivity contribution is 5.09. The molecular formula is C16H22F3N3O2. The fraction of sp³-hybridized carbons (Fsp3) is 0.625. The van der Waals surface area contributed by atoms with E-state index in [1.165, 1.54) is 0 Å². The van der Waals surface area contributed by atoms with Gasteiger partial charge in [0.2, 0.25) is 0 Å². The molecular weight excluding hydrogens is 323 g/mol. The van der Waals surface area contributed by atoms with Gasteiger partial charge in [0.15, 0.2) is 5.69 Å². The van der Waals surface area contributed by atoms with Crippen molar-refractivity contribution < 1.29 is 22.6 Å². The maximum Gasteiger partial charge on any atom is 0.433 e. The van der Waals surface area contributed by atoms with Crippen molar-refractivity contribution in [2.45, 2.75) is 31.5 Å². The highest BCUT2D eigenvalue weighted by atomic mass is 19.4. The first-order valence-corrected chi connectivity index (χ1v) is 7.97. The summed E-state index contributed by atoms with van der Waals surface area (Å²) >= 11 is 0. The minimum atomic E-state index is -4.51. The molecule has 8 heteroatoms. The molecule has 0 radical (unpaired) electrons. The molecule has 0 N–H and O–H groups in total. The second-order valence-corrected chi connectivity index (χ2v) is 5.59. The van der Waals surface area contributed by atoms with Gasteiger partial charge in [-0.2, -0.15) is 18.2 Å². The van der Waals surface area contributed by atoms with Gasteiger partial charge in [-0.05, 0) is 25.3 Å². The van der Waals surface area contributed by atoms with Gasteiger partial charge in [-0.3, -0.25) is 4.90 Å². The van der Waals surface area contributed by atoms with Crippen LogP contribution in [0.2, 0.25) is 0 Å². The number of allylic oxidation sites excluding steroid dienone is 1. The minimum Gasteiger partial charge on any atom is -0.459 e. The Labute approximate surface area is 139 Å². The third kappa shape index (κ3) is 6.09. The Morgan fingerprint density at radius 1 is 1.38 bits per heavy atom. The maximum atomic E-state index is 12.7. The van der Waals surface area contributed by atoms with Crippen LogP contribution < -0.4 is 4.74 Å². The normalized spacial score (nSPS) is 18.0. The van der Waals surface area contributed by atoms with Crippen molar-refractivity contribution in [2.24, 2.45) is 0 Å². The van der Waals surface area contributed by atoms with Crippen LogP contribution in [-0.4, -0.2) is 53.8 Å². The first kappa shape index (κ1) is 18.7. The summed E-state index contributed by atoms with van der Waals surface area (Å²) in [6.07, 6.45) is 0.275. The molecule has 0 aromatic carbocycles. The highest BCUT2D eigenvalue weighted by Gasteiger charge is 2.33. The number of alkyl halides is 3. The molecule has 0 spiro atoms. The number of ether oxygens (including phenoxy) is 2. The molecule has 0 aliphatic carbocycles. The first-order valence-electron chi connectivity index (χ1n) is 7.97. The van der Waals surface area contributed by atoms with Crippen LogP contribution in [-0.2, 0) is 10.9 Å². The van der Waals surface area contributed by atoms with Crippen molar-refractivity contribution in [1.29, 1.82) is 0 Å². The molecule has 1 atom stereocenters. The summed E-state index contributed by atoms with van der Waals surface area (Å²) in [5.41, 5.74) is -1.00. The van der Waals surface area contributed by atoms with Crippen molar-refractivity contribution in [1.82, 2.24) is 14.9 Å². The van der Waals surface area contributed by atoms with E-state index < -0.39 is 11.9 Å². The van der Waals surface area contributed by atoms with E-state index in [4.69, 9.17) is 9.47 Å². The zero-order valence-electron chi connectivity index (χ0n) is 13.5. The number of hydrogen-bond donors (Lipinski definition) is 0. The predicted molar refractivity (Wildman–Crippen MR) is 82.8 cm³/mol. The lowest BCUT2D eigenvalue weighted by Gasteiger charge is -2.25. The fourth-order valence-electron chi connectivity index (χ4n) is 2.46. The Kier molecular flexibility index (Phi) is 6.99. The van der Waals surface area contributed by atoms with Gasteiger partial charge >= 0.3 is 12.2 Å². The van der Waals surface area contributed by atoms with E-state index in [-0.39, 0.29) is 12.1 Å². The van der Waals surface area contributed by atoms with Gasteiger partial charge in [-0.25, -0.2) is 4.98 Å². The van der Waals surface area contributed by atoms with E-state index in [1.807, 2.05) is 0 Å². The predicted octanol–water partition coefficient (Wildman–Crippen LogP) is 2.93. The summed E-state index contributed by atoms with van der Waals surface area (Å²) in [6.45, 7) is 7.30. The molecule has 5 nitrogen and oxygen atoms in total. The summed E-state index contributed by atoms with van der Waals surface area (Å²) in [5, 5.41) is 0. The standard InChI is InChI=1S/C16H22F3N3O2/c1-2-3-5-13(12-22-8-4-10-23-11-9-22)24-15-20-7-6-14(21-15)16(17,18)19/h2,6-7,13H,1,3-5,8-12H2. The molecule has 1 aliphatic heterocycles. The van der Waals surface area contributed by atoms with Crippen LogP contribution in [0.5, 0.6) is 6.01 Å². The lowest BCUT2D eigenvalue weighted by molar-refractivity contribution is -0.141. The lowest BCUT2D eigenvalue weighted by Crippen LogP contribution is -2.37. The Balaban J connectivity index is 2.03. The summed E-state index contributed by atoms with van der Waals surface area (Å²) < 4.78 is 49.3. The van der Waals surface area contributed by atoms with E-state index in [0.717, 1.165) is 38.4 Å². The summed E-state index contributed by atoms with van der Waals surface area (Å²) in [6, 6.07) is 0.586. The molecule has 2 rings (SSSR count). The Morgan fingerprint density at radius 3 is 2.96 bits per heavy atom. The van der Waals surface area contributed by atoms with Crippen molar-refractivity contribution in [3.63, 3.8) is 0 Å². The van der Waals surface area contributed by atoms with Crippen LogP contribution in [0.25, 0.3) is 0 Å². The molecule has 0 bridgehead atoms. The zero-order chi connectivity index (χ0) is 17.4. The summed E-state index contributed by atoms with van der Waals surface area (Å²) in [4.78, 5) is 9.48. The number of rotatable bonds is 7. The van der Waals surface area contributed by atoms with Gasteiger partial charge in [-0.15, -0.1) is 6.58 Å². The monoisotopic (exact) mass is 345 g/mol. The van der Waals surface area contributed by atoms with Gasteiger partial charge in [0.1, 0.15) is 6.10 Å². The smallest absolute Gasteiger partial charge is 0.433 e. The average molecular weight is 345 g/mol. The number of halogens is 3. The van der Waals surface area contributed by atoms with Crippen LogP contribution in [0.4, 0.5) is 13.2 Å². The molecule has 1 fully saturated rings. The van der Waals surface area contributed by atoms with E-state index >= 15 is 0 Å². The highest BCUT2D eigenvalue weighted by Crippen LogP contribution is 2.28. The van der Waals surface area contributed by atoms with Crippen molar-refractivity contribution >= 4 is 0 Å². The van der Waals surface area contributed by atoms with Crippen LogP contribution in [0, 0.1) is 0 Å². The van der Waals surface area contributed by atoms with E-state index in [1.54, 1.807) is 6.08 Å². The Hall–Kier alpha value is -1.67. The Morgan fingerprint density at radius 2 is 2.21 bits per heavy atom. The maximum absolute atomic E-state index is 12.7. The molecule has 24 heavy (non-hydrogen) atoms. The van der Waals surface area contributed by atoms with Crippen LogP contribution in [0.3, 0.4) is 0 Å². The van der Waals surface area contributed by atoms with Gasteiger partial charge in [0, 0.05) is 32.4 Å². The molecule has 0 amide bonds. The lowest BCUT2D eigenvalue weighted by atomic mass is 10.2. The largest absolute Gasteiger partial charge is 0.459 e. The van der Waals surface area contributed by atoms with E-state index in [2.05, 4.69) is 21.4 Å². The molecule has 1 aromatic heterocycles. The topological polar surface area (TPSA) is 47.5 Å². The molecule has 134 valence electrons. The van der Waals surface area contributed by atoms with Gasteiger partial charge < -0.3 is 9.47 Å². The minimum absolute atomic E-state index is 0.245. The molecule has 0 saturated carbocycles. The van der Waals surface area contributed by atoms with Gasteiger partial charge in [0.05, 0.1) is 6.61 Å². The SMILES string of the molecule is C=CCCC(CN1CCCOCC1)Oc1nccc(C(F)(F)F)n1. The molecule has 1 aromatic rings. The summed E-state index contributed by atoms with van der Waals surface area (Å²) in [5.74, 6) is 0. The van der Waals surface area contributed by atoms with Crippen molar-refractivity contribution in [3.8, 4) is 6.01 Å². The van der Waals surface area contributed by atoms with Gasteiger partial charge in [0.25, 0.3) is 0 Å². The second-order valence-electron chi connectivity index (χ2n) is 5.59. The Bertz CT molecular complexity index is 518. The average Bonchev–Trinajstić information content (AvgIpc) is 2.81. The van der Waals surface area contributed by atoms with Crippen LogP contribution in [0.15, 0.2) is 24.9 Å². The molecule has 2 heterocycles. The summed E-state index contributed by atoms with van der Waals surface area (Å²) in [7, 11) is 0. The van der Waals surface area contributed by atoms with Crippen LogP contribution >= 0.6 is 0 Å². The number of nitrogens with zero attached hydrogens (tertiary/aromatic N) is 3. The van der Waals surface area contributed by atoms with E-state index in [9.17, 15) is 13.2 Å². The quantitative estimate of drug-likeness (QED) is 0.711. The zero-order valence-corrected chi connectivity index (χ0v) is 13.5. The van der Waals surface area contributed by atoms with Crippen molar-refractivity contribution in [2.75, 3.05) is 32.8 Å². The van der Waals surface area contributed by atoms with Crippen molar-refractivity contribution in [3.05, 3.63) is 30.6 Å². The first-order chi connectivity index (χ1) is 11.5. The number of hydrogen-bond acceptors (Lipinski definition) is 5.